The van der Waals surface area contributed by atoms with Gasteiger partial charge in [-0.2, -0.15) is 0 Å². The first-order valence-electron chi connectivity index (χ1n) is 8.48. The molecule has 2 aliphatic rings. The van der Waals surface area contributed by atoms with Crippen LogP contribution in [0.1, 0.15) is 43.1 Å². The normalized spacial score (nSPS) is 19.5. The fourth-order valence-electron chi connectivity index (χ4n) is 3.04. The second-order valence-corrected chi connectivity index (χ2v) is 10.9. The number of benzene rings is 1. The number of nitrogens with zero attached hydrogens (tertiary/aromatic N) is 1. The molecule has 0 radical (unpaired) electrons. The fourth-order valence-corrected chi connectivity index (χ4v) is 6.87. The Morgan fingerprint density at radius 2 is 2.15 bits per heavy atom. The van der Waals surface area contributed by atoms with Crippen LogP contribution in [-0.2, 0) is 21.4 Å². The Morgan fingerprint density at radius 1 is 1.42 bits per heavy atom. The Bertz CT molecular complexity index is 865. The number of sulfonamides is 1. The lowest BCUT2D eigenvalue weighted by Crippen LogP contribution is -2.75. The van der Waals surface area contributed by atoms with Crippen LogP contribution in [-0.4, -0.2) is 42.9 Å². The topological polar surface area (TPSA) is 77.7 Å². The number of carbonyl (C=O) groups excluding carboxylic acids is 1. The lowest BCUT2D eigenvalue weighted by molar-refractivity contribution is -0.487. The van der Waals surface area contributed by atoms with Crippen LogP contribution < -0.4 is 9.30 Å². The van der Waals surface area contributed by atoms with Crippen LogP contribution in [0.3, 0.4) is 0 Å². The van der Waals surface area contributed by atoms with E-state index in [4.69, 9.17) is 4.74 Å². The predicted octanol–water partition coefficient (Wildman–Crippen LogP) is 1.59. The lowest BCUT2D eigenvalue weighted by Gasteiger charge is -2.28. The first kappa shape index (κ1) is 19.6. The molecule has 142 valence electrons. The summed E-state index contributed by atoms with van der Waals surface area (Å²) in [6.07, 6.45) is 2.24. The van der Waals surface area contributed by atoms with Crippen molar-refractivity contribution >= 4 is 49.6 Å². The largest absolute Gasteiger partial charge is 0.457 e. The van der Waals surface area contributed by atoms with Gasteiger partial charge in [-0.15, -0.1) is 0 Å². The summed E-state index contributed by atoms with van der Waals surface area (Å²) >= 11 is 3.21. The SMILES string of the molecule is CCC1CSC(Sc2cc3c(cc2N(C(C)C)S(C)(=O)=O)COC3=O)=[NH+]1. The zero-order valence-electron chi connectivity index (χ0n) is 15.2. The zero-order chi connectivity index (χ0) is 19.1. The van der Waals surface area contributed by atoms with Gasteiger partial charge in [0.15, 0.2) is 6.04 Å². The smallest absolute Gasteiger partial charge is 0.338 e. The van der Waals surface area contributed by atoms with E-state index >= 15 is 0 Å². The van der Waals surface area contributed by atoms with Gasteiger partial charge >= 0.3 is 5.97 Å². The minimum absolute atomic E-state index is 0.184. The molecule has 6 nitrogen and oxygen atoms in total. The molecule has 26 heavy (non-hydrogen) atoms. The van der Waals surface area contributed by atoms with Gasteiger partial charge in [-0.1, -0.05) is 6.92 Å². The van der Waals surface area contributed by atoms with Crippen LogP contribution in [0.25, 0.3) is 0 Å². The maximum atomic E-state index is 12.4. The van der Waals surface area contributed by atoms with Crippen molar-refractivity contribution in [1.82, 2.24) is 0 Å². The predicted molar refractivity (Wildman–Crippen MR) is 106 cm³/mol. The molecule has 1 atom stereocenters. The van der Waals surface area contributed by atoms with Crippen molar-refractivity contribution in [3.8, 4) is 0 Å². The van der Waals surface area contributed by atoms with Gasteiger partial charge in [0, 0.05) is 22.9 Å². The minimum Gasteiger partial charge on any atom is -0.457 e. The highest BCUT2D eigenvalue weighted by Crippen LogP contribution is 2.39. The van der Waals surface area contributed by atoms with E-state index in [0.29, 0.717) is 17.3 Å². The van der Waals surface area contributed by atoms with Crippen LogP contribution in [0, 0.1) is 0 Å². The molecule has 0 saturated carbocycles. The second kappa shape index (κ2) is 7.44. The summed E-state index contributed by atoms with van der Waals surface area (Å²) in [7, 11) is -3.46. The highest BCUT2D eigenvalue weighted by atomic mass is 32.2. The highest BCUT2D eigenvalue weighted by molar-refractivity contribution is 8.38. The van der Waals surface area contributed by atoms with Crippen molar-refractivity contribution in [3.63, 3.8) is 0 Å². The Labute approximate surface area is 162 Å². The number of esters is 1. The second-order valence-electron chi connectivity index (χ2n) is 6.66. The maximum Gasteiger partial charge on any atom is 0.338 e. The lowest BCUT2D eigenvalue weighted by atomic mass is 10.1. The van der Waals surface area contributed by atoms with Crippen molar-refractivity contribution in [1.29, 1.82) is 0 Å². The molecular weight excluding hydrogens is 392 g/mol. The quantitative estimate of drug-likeness (QED) is 0.736. The highest BCUT2D eigenvalue weighted by Gasteiger charge is 2.32. The molecule has 1 unspecified atom stereocenters. The van der Waals surface area contributed by atoms with E-state index in [-0.39, 0.29) is 18.6 Å². The Hall–Kier alpha value is -1.19. The molecule has 0 saturated heterocycles. The number of anilines is 1. The molecule has 0 fully saturated rings. The first-order valence-corrected chi connectivity index (χ1v) is 12.1. The Kier molecular flexibility index (Phi) is 5.60. The van der Waals surface area contributed by atoms with Gasteiger partial charge in [0.1, 0.15) is 6.61 Å². The number of rotatable bonds is 5. The summed E-state index contributed by atoms with van der Waals surface area (Å²) in [6, 6.07) is 3.72. The van der Waals surface area contributed by atoms with Crippen LogP contribution in [0.4, 0.5) is 5.69 Å². The number of hydrogen-bond donors (Lipinski definition) is 1. The summed E-state index contributed by atoms with van der Waals surface area (Å²) in [4.78, 5) is 16.2. The summed E-state index contributed by atoms with van der Waals surface area (Å²) in [6.45, 7) is 6.00. The summed E-state index contributed by atoms with van der Waals surface area (Å²) in [5.41, 5.74) is 1.84. The molecule has 0 spiro atoms. The number of thioether (sulfide) groups is 2. The third kappa shape index (κ3) is 3.89. The summed E-state index contributed by atoms with van der Waals surface area (Å²) in [5, 5.41) is 0. The van der Waals surface area contributed by atoms with Crippen molar-refractivity contribution < 1.29 is 22.9 Å². The van der Waals surface area contributed by atoms with Crippen LogP contribution >= 0.6 is 23.5 Å². The summed E-state index contributed by atoms with van der Waals surface area (Å²) < 4.78 is 32.4. The molecule has 0 aliphatic carbocycles. The van der Waals surface area contributed by atoms with Crippen LogP contribution in [0.2, 0.25) is 0 Å². The van der Waals surface area contributed by atoms with Gasteiger partial charge in [-0.3, -0.25) is 4.31 Å². The van der Waals surface area contributed by atoms with E-state index in [0.717, 1.165) is 27.0 Å². The van der Waals surface area contributed by atoms with E-state index in [1.807, 2.05) is 13.8 Å². The zero-order valence-corrected chi connectivity index (χ0v) is 17.7. The van der Waals surface area contributed by atoms with E-state index in [9.17, 15) is 13.2 Å². The van der Waals surface area contributed by atoms with Gasteiger partial charge in [-0.05, 0) is 49.5 Å². The minimum atomic E-state index is -3.46. The van der Waals surface area contributed by atoms with E-state index in [2.05, 4.69) is 11.9 Å². The average molecular weight is 416 g/mol. The van der Waals surface area contributed by atoms with Crippen LogP contribution in [0.15, 0.2) is 17.0 Å². The van der Waals surface area contributed by atoms with Crippen LogP contribution in [0.5, 0.6) is 0 Å². The van der Waals surface area contributed by atoms with Gasteiger partial charge < -0.3 is 4.74 Å². The van der Waals surface area contributed by atoms with Gasteiger partial charge in [-0.25, -0.2) is 18.2 Å². The molecule has 1 aromatic rings. The van der Waals surface area contributed by atoms with Crippen molar-refractivity contribution in [3.05, 3.63) is 23.3 Å². The molecule has 2 heterocycles. The first-order chi connectivity index (χ1) is 12.2. The van der Waals surface area contributed by atoms with Gasteiger partial charge in [0.25, 0.3) is 4.38 Å². The van der Waals surface area contributed by atoms with Crippen molar-refractivity contribution in [2.75, 3.05) is 16.3 Å². The summed E-state index contributed by atoms with van der Waals surface area (Å²) in [5.74, 6) is 0.633. The molecule has 1 N–H and O–H groups in total. The van der Waals surface area contributed by atoms with Gasteiger partial charge in [0.2, 0.25) is 10.0 Å². The molecule has 9 heteroatoms. The van der Waals surface area contributed by atoms with E-state index in [1.54, 1.807) is 23.9 Å². The Balaban J connectivity index is 2.09. The third-order valence-corrected chi connectivity index (χ3v) is 8.00. The molecule has 0 bridgehead atoms. The number of hydrogen-bond acceptors (Lipinski definition) is 6. The van der Waals surface area contributed by atoms with E-state index < -0.39 is 10.0 Å². The fraction of sp³-hybridized carbons (Fsp3) is 0.529. The Morgan fingerprint density at radius 3 is 2.73 bits per heavy atom. The average Bonchev–Trinajstić information content (AvgIpc) is 3.13. The van der Waals surface area contributed by atoms with Gasteiger partial charge in [0.05, 0.1) is 23.3 Å². The monoisotopic (exact) mass is 415 g/mol. The standard InChI is InChI=1S/C17H22N2O4S3/c1-5-12-9-24-17(18-12)25-15-7-13-11(8-23-16(13)20)6-14(15)19(10(2)3)26(4,21)22/h6-7,10,12H,5,8-9H2,1-4H3/p+1. The van der Waals surface area contributed by atoms with Crippen molar-refractivity contribution in [2.24, 2.45) is 0 Å². The molecule has 1 aromatic carbocycles. The molecule has 0 amide bonds. The number of cyclic esters (lactones) is 1. The van der Waals surface area contributed by atoms with E-state index in [1.165, 1.54) is 22.3 Å². The molecule has 2 aliphatic heterocycles. The number of carbonyl (C=O) groups is 1. The van der Waals surface area contributed by atoms with Crippen molar-refractivity contribution in [2.45, 2.75) is 50.8 Å². The number of fused-ring (bicyclic) bond motifs is 1. The number of nitrogens with one attached hydrogen (secondary N) is 1. The number of ether oxygens (including phenoxy) is 1. The molecule has 0 aromatic heterocycles. The third-order valence-electron chi connectivity index (χ3n) is 4.26. The maximum absolute atomic E-state index is 12.4. The molecular formula is C17H23N2O4S3+. The molecule has 3 rings (SSSR count).